The largest absolute Gasteiger partial charge is 0.326 e. The maximum atomic E-state index is 12.6. The number of piperidine rings is 1. The summed E-state index contributed by atoms with van der Waals surface area (Å²) in [5, 5.41) is 3.00. The highest BCUT2D eigenvalue weighted by Crippen LogP contribution is 2.22. The minimum Gasteiger partial charge on any atom is -0.326 e. The van der Waals surface area contributed by atoms with E-state index < -0.39 is 0 Å². The first-order valence-electron chi connectivity index (χ1n) is 9.95. The monoisotopic (exact) mass is 437 g/mol. The standard InChI is InChI=1S/C23H31N3O.2ClH/c1-17-7-6-14-26(15-17)16-19-10-12-21(13-11-19)25-23(27)18(2)22(24)20-8-4-3-5-9-20;;/h3-5,8-13,17-18,22H,6-7,14-16,24H2,1-2H3,(H,25,27);2*1H. The summed E-state index contributed by atoms with van der Waals surface area (Å²) in [6, 6.07) is 17.6. The molecular formula is C23H33Cl2N3O. The lowest BCUT2D eigenvalue weighted by Gasteiger charge is -2.30. The number of hydrogen-bond donors (Lipinski definition) is 2. The van der Waals surface area contributed by atoms with Crippen LogP contribution in [0.4, 0.5) is 5.69 Å². The lowest BCUT2D eigenvalue weighted by molar-refractivity contribution is -0.120. The quantitative estimate of drug-likeness (QED) is 0.665. The molecule has 0 spiro atoms. The van der Waals surface area contributed by atoms with E-state index in [9.17, 15) is 4.79 Å². The molecule has 0 bridgehead atoms. The van der Waals surface area contributed by atoms with Crippen molar-refractivity contribution in [2.24, 2.45) is 17.6 Å². The Morgan fingerprint density at radius 3 is 2.41 bits per heavy atom. The molecule has 3 unspecified atom stereocenters. The maximum absolute atomic E-state index is 12.6. The summed E-state index contributed by atoms with van der Waals surface area (Å²) < 4.78 is 0. The summed E-state index contributed by atoms with van der Waals surface area (Å²) in [5.74, 6) is 0.429. The van der Waals surface area contributed by atoms with Crippen LogP contribution in [0.5, 0.6) is 0 Å². The van der Waals surface area contributed by atoms with Crippen molar-refractivity contribution in [2.45, 2.75) is 39.3 Å². The normalized spacial score (nSPS) is 18.7. The van der Waals surface area contributed by atoms with Crippen LogP contribution in [-0.2, 0) is 11.3 Å². The molecule has 3 atom stereocenters. The van der Waals surface area contributed by atoms with Crippen LogP contribution in [0.15, 0.2) is 54.6 Å². The summed E-state index contributed by atoms with van der Waals surface area (Å²) in [5.41, 5.74) is 9.35. The van der Waals surface area contributed by atoms with Gasteiger partial charge < -0.3 is 11.1 Å². The molecule has 0 saturated carbocycles. The van der Waals surface area contributed by atoms with Crippen molar-refractivity contribution < 1.29 is 4.79 Å². The van der Waals surface area contributed by atoms with E-state index >= 15 is 0 Å². The van der Waals surface area contributed by atoms with Gasteiger partial charge in [-0.05, 0) is 48.6 Å². The van der Waals surface area contributed by atoms with Crippen LogP contribution < -0.4 is 11.1 Å². The molecule has 160 valence electrons. The molecule has 29 heavy (non-hydrogen) atoms. The van der Waals surface area contributed by atoms with Gasteiger partial charge in [0.15, 0.2) is 0 Å². The second-order valence-electron chi connectivity index (χ2n) is 7.89. The molecule has 2 aromatic rings. The Kier molecular flexibility index (Phi) is 10.7. The number of anilines is 1. The van der Waals surface area contributed by atoms with Crippen LogP contribution in [0.25, 0.3) is 0 Å². The Labute approximate surface area is 187 Å². The predicted octanol–water partition coefficient (Wildman–Crippen LogP) is 5.04. The van der Waals surface area contributed by atoms with Crippen molar-refractivity contribution in [1.29, 1.82) is 0 Å². The van der Waals surface area contributed by atoms with Gasteiger partial charge in [-0.3, -0.25) is 9.69 Å². The van der Waals surface area contributed by atoms with Crippen molar-refractivity contribution >= 4 is 36.4 Å². The van der Waals surface area contributed by atoms with Gasteiger partial charge in [0.05, 0.1) is 5.92 Å². The van der Waals surface area contributed by atoms with Crippen LogP contribution >= 0.6 is 24.8 Å². The number of likely N-dealkylation sites (tertiary alicyclic amines) is 1. The number of halogens is 2. The Balaban J connectivity index is 0.00000210. The van der Waals surface area contributed by atoms with Gasteiger partial charge in [0, 0.05) is 24.8 Å². The number of amides is 1. The zero-order valence-electron chi connectivity index (χ0n) is 17.2. The zero-order chi connectivity index (χ0) is 19.2. The predicted molar refractivity (Wildman–Crippen MR) is 126 cm³/mol. The van der Waals surface area contributed by atoms with E-state index in [4.69, 9.17) is 5.73 Å². The molecule has 6 heteroatoms. The number of benzene rings is 2. The highest BCUT2D eigenvalue weighted by atomic mass is 35.5. The second-order valence-corrected chi connectivity index (χ2v) is 7.89. The van der Waals surface area contributed by atoms with E-state index in [1.807, 2.05) is 49.4 Å². The fourth-order valence-corrected chi connectivity index (χ4v) is 3.77. The summed E-state index contributed by atoms with van der Waals surface area (Å²) in [6.07, 6.45) is 2.62. The minimum atomic E-state index is -0.313. The van der Waals surface area contributed by atoms with E-state index in [-0.39, 0.29) is 42.7 Å². The van der Waals surface area contributed by atoms with Crippen molar-refractivity contribution in [2.75, 3.05) is 18.4 Å². The molecule has 0 radical (unpaired) electrons. The summed E-state index contributed by atoms with van der Waals surface area (Å²) >= 11 is 0. The smallest absolute Gasteiger partial charge is 0.229 e. The first-order valence-corrected chi connectivity index (χ1v) is 9.95. The van der Waals surface area contributed by atoms with Gasteiger partial charge in [0.25, 0.3) is 0 Å². The van der Waals surface area contributed by atoms with Crippen molar-refractivity contribution in [3.05, 3.63) is 65.7 Å². The highest BCUT2D eigenvalue weighted by molar-refractivity contribution is 5.92. The molecule has 4 nitrogen and oxygen atoms in total. The Hall–Kier alpha value is -1.59. The molecule has 1 aliphatic rings. The van der Waals surface area contributed by atoms with Gasteiger partial charge >= 0.3 is 0 Å². The van der Waals surface area contributed by atoms with E-state index in [0.717, 1.165) is 23.7 Å². The van der Waals surface area contributed by atoms with Gasteiger partial charge in [-0.25, -0.2) is 0 Å². The number of hydrogen-bond acceptors (Lipinski definition) is 3. The number of nitrogens with two attached hydrogens (primary N) is 1. The Morgan fingerprint density at radius 1 is 1.14 bits per heavy atom. The zero-order valence-corrected chi connectivity index (χ0v) is 18.8. The van der Waals surface area contributed by atoms with E-state index in [0.29, 0.717) is 0 Å². The third kappa shape index (κ3) is 7.31. The molecule has 3 rings (SSSR count). The summed E-state index contributed by atoms with van der Waals surface area (Å²) in [6.45, 7) is 7.53. The average Bonchev–Trinajstić information content (AvgIpc) is 2.69. The Bertz CT molecular complexity index is 740. The average molecular weight is 438 g/mol. The molecule has 1 heterocycles. The molecule has 0 aliphatic carbocycles. The third-order valence-corrected chi connectivity index (χ3v) is 5.51. The minimum absolute atomic E-state index is 0. The SMILES string of the molecule is CC1CCCN(Cc2ccc(NC(=O)C(C)C(N)c3ccccc3)cc2)C1.Cl.Cl. The molecule has 1 aliphatic heterocycles. The maximum Gasteiger partial charge on any atom is 0.229 e. The van der Waals surface area contributed by atoms with E-state index in [1.54, 1.807) is 0 Å². The van der Waals surface area contributed by atoms with Gasteiger partial charge in [0.1, 0.15) is 0 Å². The van der Waals surface area contributed by atoms with E-state index in [1.165, 1.54) is 31.5 Å². The molecule has 0 aromatic heterocycles. The lowest BCUT2D eigenvalue weighted by Crippen LogP contribution is -2.33. The number of nitrogens with one attached hydrogen (secondary N) is 1. The van der Waals surface area contributed by atoms with Crippen LogP contribution in [-0.4, -0.2) is 23.9 Å². The topological polar surface area (TPSA) is 58.4 Å². The number of rotatable bonds is 6. The number of carbonyl (C=O) groups is 1. The lowest BCUT2D eigenvalue weighted by atomic mass is 9.94. The molecule has 3 N–H and O–H groups in total. The fraction of sp³-hybridized carbons (Fsp3) is 0.435. The van der Waals surface area contributed by atoms with Crippen LogP contribution in [0.1, 0.15) is 43.9 Å². The third-order valence-electron chi connectivity index (χ3n) is 5.51. The van der Waals surface area contributed by atoms with Crippen molar-refractivity contribution in [1.82, 2.24) is 4.90 Å². The van der Waals surface area contributed by atoms with E-state index in [2.05, 4.69) is 29.3 Å². The fourth-order valence-electron chi connectivity index (χ4n) is 3.77. The Morgan fingerprint density at radius 2 is 1.79 bits per heavy atom. The van der Waals surface area contributed by atoms with Crippen LogP contribution in [0, 0.1) is 11.8 Å². The molecule has 1 amide bonds. The van der Waals surface area contributed by atoms with Gasteiger partial charge in [0.2, 0.25) is 5.91 Å². The van der Waals surface area contributed by atoms with Crippen LogP contribution in [0.3, 0.4) is 0 Å². The summed E-state index contributed by atoms with van der Waals surface area (Å²) in [7, 11) is 0. The molecule has 2 aromatic carbocycles. The van der Waals surface area contributed by atoms with Gasteiger partial charge in [-0.15, -0.1) is 24.8 Å². The van der Waals surface area contributed by atoms with Crippen LogP contribution in [0.2, 0.25) is 0 Å². The van der Waals surface area contributed by atoms with Crippen molar-refractivity contribution in [3.8, 4) is 0 Å². The number of carbonyl (C=O) groups excluding carboxylic acids is 1. The first-order chi connectivity index (χ1) is 13.0. The second kappa shape index (κ2) is 12.2. The van der Waals surface area contributed by atoms with Gasteiger partial charge in [-0.1, -0.05) is 56.3 Å². The van der Waals surface area contributed by atoms with Crippen molar-refractivity contribution in [3.63, 3.8) is 0 Å². The summed E-state index contributed by atoms with van der Waals surface area (Å²) in [4.78, 5) is 15.1. The first kappa shape index (κ1) is 25.4. The molecular weight excluding hydrogens is 405 g/mol. The van der Waals surface area contributed by atoms with Gasteiger partial charge in [-0.2, -0.15) is 0 Å². The highest BCUT2D eigenvalue weighted by Gasteiger charge is 2.22. The molecule has 1 saturated heterocycles. The molecule has 1 fully saturated rings. The number of nitrogens with zero attached hydrogens (tertiary/aromatic N) is 1.